The van der Waals surface area contributed by atoms with Crippen LogP contribution in [-0.2, 0) is 4.79 Å². The van der Waals surface area contributed by atoms with Gasteiger partial charge >= 0.3 is 12.0 Å². The molecule has 76 valence electrons. The van der Waals surface area contributed by atoms with Gasteiger partial charge in [0.05, 0.1) is 6.42 Å². The molecule has 0 fully saturated rings. The lowest BCUT2D eigenvalue weighted by molar-refractivity contribution is -0.136. The van der Waals surface area contributed by atoms with Crippen molar-refractivity contribution in [3.05, 3.63) is 0 Å². The van der Waals surface area contributed by atoms with Gasteiger partial charge in [0.1, 0.15) is 0 Å². The summed E-state index contributed by atoms with van der Waals surface area (Å²) in [5.74, 6) is -0.948. The molecule has 0 bridgehead atoms. The number of urea groups is 1. The summed E-state index contributed by atoms with van der Waals surface area (Å²) < 4.78 is 0. The Kier molecular flexibility index (Phi) is 6.62. The quantitative estimate of drug-likeness (QED) is 0.410. The smallest absolute Gasteiger partial charge is 0.314 e. The number of hydrogen-bond acceptors (Lipinski definition) is 3. The average Bonchev–Trinajstić information content (AvgIpc) is 2.04. The molecular formula is C7H14N2O4. The minimum absolute atomic E-state index is 0.0232. The highest BCUT2D eigenvalue weighted by atomic mass is 16.4. The molecule has 6 heteroatoms. The highest BCUT2D eigenvalue weighted by molar-refractivity contribution is 5.74. The highest BCUT2D eigenvalue weighted by Crippen LogP contribution is 1.76. The van der Waals surface area contributed by atoms with Crippen LogP contribution in [0, 0.1) is 0 Å². The van der Waals surface area contributed by atoms with E-state index < -0.39 is 12.0 Å². The Hall–Kier alpha value is -1.30. The lowest BCUT2D eigenvalue weighted by Gasteiger charge is -2.04. The molecule has 0 rings (SSSR count). The highest BCUT2D eigenvalue weighted by Gasteiger charge is 2.00. The number of aliphatic hydroxyl groups is 1. The van der Waals surface area contributed by atoms with Gasteiger partial charge in [0.2, 0.25) is 0 Å². The number of amides is 2. The number of hydrogen-bond donors (Lipinski definition) is 4. The molecule has 0 unspecified atom stereocenters. The molecule has 2 amide bonds. The van der Waals surface area contributed by atoms with Crippen LogP contribution in [0.2, 0.25) is 0 Å². The van der Waals surface area contributed by atoms with Gasteiger partial charge in [-0.3, -0.25) is 4.79 Å². The topological polar surface area (TPSA) is 98.7 Å². The summed E-state index contributed by atoms with van der Waals surface area (Å²) in [6.45, 7) is 0.519. The van der Waals surface area contributed by atoms with Gasteiger partial charge in [-0.15, -0.1) is 0 Å². The van der Waals surface area contributed by atoms with E-state index in [1.54, 1.807) is 0 Å². The molecule has 0 atom stereocenters. The van der Waals surface area contributed by atoms with Gasteiger partial charge in [0.25, 0.3) is 0 Å². The average molecular weight is 190 g/mol. The zero-order valence-electron chi connectivity index (χ0n) is 7.25. The van der Waals surface area contributed by atoms with Crippen molar-refractivity contribution >= 4 is 12.0 Å². The van der Waals surface area contributed by atoms with Crippen LogP contribution in [0.15, 0.2) is 0 Å². The van der Waals surface area contributed by atoms with Crippen LogP contribution in [0.4, 0.5) is 4.79 Å². The summed E-state index contributed by atoms with van der Waals surface area (Å²) in [5, 5.41) is 21.4. The fraction of sp³-hybridized carbons (Fsp3) is 0.714. The summed E-state index contributed by atoms with van der Waals surface area (Å²) >= 11 is 0. The first-order valence-corrected chi connectivity index (χ1v) is 4.01. The van der Waals surface area contributed by atoms with E-state index in [-0.39, 0.29) is 19.6 Å². The van der Waals surface area contributed by atoms with Crippen molar-refractivity contribution in [2.45, 2.75) is 12.8 Å². The minimum Gasteiger partial charge on any atom is -0.481 e. The van der Waals surface area contributed by atoms with E-state index in [2.05, 4.69) is 10.6 Å². The van der Waals surface area contributed by atoms with Crippen molar-refractivity contribution in [1.29, 1.82) is 0 Å². The second-order valence-electron chi connectivity index (χ2n) is 2.40. The second-order valence-corrected chi connectivity index (χ2v) is 2.40. The van der Waals surface area contributed by atoms with Crippen molar-refractivity contribution in [3.63, 3.8) is 0 Å². The third kappa shape index (κ3) is 8.61. The van der Waals surface area contributed by atoms with Gasteiger partial charge in [0.15, 0.2) is 0 Å². The molecule has 4 N–H and O–H groups in total. The Morgan fingerprint density at radius 2 is 1.77 bits per heavy atom. The van der Waals surface area contributed by atoms with Crippen LogP contribution in [-0.4, -0.2) is 41.9 Å². The molecule has 0 spiro atoms. The van der Waals surface area contributed by atoms with Gasteiger partial charge in [-0.2, -0.15) is 0 Å². The molecule has 0 aromatic heterocycles. The van der Waals surface area contributed by atoms with Crippen LogP contribution in [0.25, 0.3) is 0 Å². The molecule has 0 saturated heterocycles. The van der Waals surface area contributed by atoms with Crippen LogP contribution < -0.4 is 10.6 Å². The lowest BCUT2D eigenvalue weighted by atomic mass is 10.4. The van der Waals surface area contributed by atoms with Gasteiger partial charge in [-0.25, -0.2) is 4.79 Å². The van der Waals surface area contributed by atoms with Gasteiger partial charge in [0, 0.05) is 19.7 Å². The van der Waals surface area contributed by atoms with Gasteiger partial charge < -0.3 is 20.8 Å². The van der Waals surface area contributed by atoms with Crippen molar-refractivity contribution in [3.8, 4) is 0 Å². The van der Waals surface area contributed by atoms with E-state index in [4.69, 9.17) is 10.2 Å². The maximum Gasteiger partial charge on any atom is 0.314 e. The van der Waals surface area contributed by atoms with Crippen molar-refractivity contribution in [1.82, 2.24) is 10.6 Å². The number of carbonyl (C=O) groups is 2. The van der Waals surface area contributed by atoms with Gasteiger partial charge in [-0.05, 0) is 6.42 Å². The molecule has 0 aromatic carbocycles. The molecule has 0 aliphatic rings. The van der Waals surface area contributed by atoms with E-state index in [1.165, 1.54) is 0 Å². The molecule has 0 aliphatic heterocycles. The summed E-state index contributed by atoms with van der Waals surface area (Å²) in [7, 11) is 0. The molecule has 0 saturated carbocycles. The Labute approximate surface area is 75.9 Å². The van der Waals surface area contributed by atoms with Crippen LogP contribution in [0.1, 0.15) is 12.8 Å². The molecule has 0 radical (unpaired) electrons. The number of carboxylic acids is 1. The Morgan fingerprint density at radius 1 is 1.15 bits per heavy atom. The van der Waals surface area contributed by atoms with Crippen LogP contribution in [0.3, 0.4) is 0 Å². The Balaban J connectivity index is 3.25. The molecular weight excluding hydrogens is 176 g/mol. The monoisotopic (exact) mass is 190 g/mol. The van der Waals surface area contributed by atoms with Crippen molar-refractivity contribution in [2.24, 2.45) is 0 Å². The number of carbonyl (C=O) groups excluding carboxylic acids is 1. The standard InChI is InChI=1S/C7H14N2O4/c10-5-1-3-8-7(13)9-4-2-6(11)12/h10H,1-5H2,(H,11,12)(H2,8,9,13). The predicted octanol–water partition coefficient (Wildman–Crippen LogP) is -0.857. The van der Waals surface area contributed by atoms with E-state index in [0.717, 1.165) is 0 Å². The predicted molar refractivity (Wildman–Crippen MR) is 45.4 cm³/mol. The SMILES string of the molecule is O=C(O)CCNC(=O)NCCCO. The molecule has 0 aliphatic carbocycles. The van der Waals surface area contributed by atoms with Gasteiger partial charge in [-0.1, -0.05) is 0 Å². The summed E-state index contributed by atoms with van der Waals surface area (Å²) in [5.41, 5.74) is 0. The zero-order chi connectivity index (χ0) is 10.1. The Bertz CT molecular complexity index is 172. The molecule has 0 aromatic rings. The molecule has 6 nitrogen and oxygen atoms in total. The number of rotatable bonds is 6. The number of aliphatic hydroxyl groups excluding tert-OH is 1. The molecule has 13 heavy (non-hydrogen) atoms. The van der Waals surface area contributed by atoms with Crippen LogP contribution in [0.5, 0.6) is 0 Å². The first kappa shape index (κ1) is 11.7. The zero-order valence-corrected chi connectivity index (χ0v) is 7.25. The van der Waals surface area contributed by atoms with Crippen molar-refractivity contribution in [2.75, 3.05) is 19.7 Å². The Morgan fingerprint density at radius 3 is 2.31 bits per heavy atom. The van der Waals surface area contributed by atoms with E-state index in [0.29, 0.717) is 13.0 Å². The number of nitrogens with one attached hydrogen (secondary N) is 2. The summed E-state index contributed by atoms with van der Waals surface area (Å²) in [6, 6.07) is -0.408. The van der Waals surface area contributed by atoms with E-state index in [9.17, 15) is 9.59 Å². The number of aliphatic carboxylic acids is 1. The lowest BCUT2D eigenvalue weighted by Crippen LogP contribution is -2.37. The third-order valence-electron chi connectivity index (χ3n) is 1.24. The fourth-order valence-corrected chi connectivity index (χ4v) is 0.626. The minimum atomic E-state index is -0.948. The normalized spacial score (nSPS) is 9.31. The second kappa shape index (κ2) is 7.35. The fourth-order valence-electron chi connectivity index (χ4n) is 0.626. The van der Waals surface area contributed by atoms with E-state index in [1.807, 2.05) is 0 Å². The van der Waals surface area contributed by atoms with E-state index >= 15 is 0 Å². The van der Waals surface area contributed by atoms with Crippen LogP contribution >= 0.6 is 0 Å². The summed E-state index contributed by atoms with van der Waals surface area (Å²) in [4.78, 5) is 20.8. The largest absolute Gasteiger partial charge is 0.481 e. The summed E-state index contributed by atoms with van der Waals surface area (Å²) in [6.07, 6.45) is 0.403. The maximum absolute atomic E-state index is 10.8. The molecule has 0 heterocycles. The first-order valence-electron chi connectivity index (χ1n) is 4.01. The number of carboxylic acid groups (broad SMARTS) is 1. The maximum atomic E-state index is 10.8. The third-order valence-corrected chi connectivity index (χ3v) is 1.24. The van der Waals surface area contributed by atoms with Crippen molar-refractivity contribution < 1.29 is 19.8 Å². The first-order chi connectivity index (χ1) is 6.16.